The fourth-order valence-electron chi connectivity index (χ4n) is 2.09. The topological polar surface area (TPSA) is 84.8 Å². The van der Waals surface area contributed by atoms with E-state index >= 15 is 0 Å². The lowest BCUT2D eigenvalue weighted by atomic mass is 10.1. The summed E-state index contributed by atoms with van der Waals surface area (Å²) in [5.74, 6) is -0.218. The maximum atomic E-state index is 12.0. The first-order valence-electron chi connectivity index (χ1n) is 6.41. The maximum Gasteiger partial charge on any atom is 0.269 e. The zero-order valence-corrected chi connectivity index (χ0v) is 10.9. The Balaban J connectivity index is 1.63. The molecule has 1 N–H and O–H groups in total. The van der Waals surface area contributed by atoms with Crippen molar-refractivity contribution < 1.29 is 14.5 Å². The second kappa shape index (κ2) is 5.34. The van der Waals surface area contributed by atoms with Crippen molar-refractivity contribution in [2.75, 3.05) is 5.32 Å². The minimum Gasteiger partial charge on any atom is -0.354 e. The second-order valence-corrected chi connectivity index (χ2v) is 4.68. The van der Waals surface area contributed by atoms with Crippen molar-refractivity contribution in [3.8, 4) is 0 Å². The lowest BCUT2D eigenvalue weighted by Gasteiger charge is -2.02. The van der Waals surface area contributed by atoms with Crippen LogP contribution in [0.1, 0.15) is 11.7 Å². The van der Waals surface area contributed by atoms with Crippen LogP contribution < -0.4 is 5.32 Å². The number of epoxide rings is 1. The van der Waals surface area contributed by atoms with Crippen molar-refractivity contribution in [2.24, 2.45) is 0 Å². The molecule has 6 heteroatoms. The van der Waals surface area contributed by atoms with Gasteiger partial charge >= 0.3 is 0 Å². The smallest absolute Gasteiger partial charge is 0.269 e. The minimum atomic E-state index is -0.549. The molecule has 106 valence electrons. The largest absolute Gasteiger partial charge is 0.354 e. The van der Waals surface area contributed by atoms with Gasteiger partial charge < -0.3 is 10.1 Å². The van der Waals surface area contributed by atoms with E-state index in [1.54, 1.807) is 24.3 Å². The first-order chi connectivity index (χ1) is 10.1. The van der Waals surface area contributed by atoms with Gasteiger partial charge in [-0.3, -0.25) is 14.9 Å². The number of nitro benzene ring substituents is 1. The molecule has 3 rings (SSSR count). The van der Waals surface area contributed by atoms with E-state index < -0.39 is 11.0 Å². The molecular weight excluding hydrogens is 272 g/mol. The summed E-state index contributed by atoms with van der Waals surface area (Å²) in [4.78, 5) is 22.1. The van der Waals surface area contributed by atoms with E-state index in [1.807, 2.05) is 18.2 Å². The lowest BCUT2D eigenvalue weighted by Crippen LogP contribution is -2.18. The van der Waals surface area contributed by atoms with Crippen molar-refractivity contribution in [3.63, 3.8) is 0 Å². The number of anilines is 1. The highest BCUT2D eigenvalue weighted by Gasteiger charge is 2.46. The van der Waals surface area contributed by atoms with E-state index in [0.29, 0.717) is 5.69 Å². The Labute approximate surface area is 120 Å². The molecule has 0 aromatic heterocycles. The van der Waals surface area contributed by atoms with Crippen LogP contribution in [0.25, 0.3) is 0 Å². The molecule has 1 heterocycles. The van der Waals surface area contributed by atoms with E-state index in [-0.39, 0.29) is 17.7 Å². The summed E-state index contributed by atoms with van der Waals surface area (Å²) in [5, 5.41) is 13.3. The summed E-state index contributed by atoms with van der Waals surface area (Å²) in [5.41, 5.74) is 1.49. The number of nitro groups is 1. The number of ether oxygens (including phenoxy) is 1. The quantitative estimate of drug-likeness (QED) is 0.531. The number of nitrogens with one attached hydrogen (secondary N) is 1. The van der Waals surface area contributed by atoms with Gasteiger partial charge in [0.2, 0.25) is 0 Å². The Kier molecular flexibility index (Phi) is 3.37. The Morgan fingerprint density at radius 3 is 2.38 bits per heavy atom. The molecule has 1 aliphatic heterocycles. The molecule has 6 nitrogen and oxygen atoms in total. The van der Waals surface area contributed by atoms with Crippen molar-refractivity contribution in [1.82, 2.24) is 0 Å². The molecule has 1 saturated heterocycles. The zero-order chi connectivity index (χ0) is 14.8. The van der Waals surface area contributed by atoms with E-state index in [0.717, 1.165) is 5.56 Å². The van der Waals surface area contributed by atoms with Gasteiger partial charge in [-0.25, -0.2) is 0 Å². The fraction of sp³-hybridized carbons (Fsp3) is 0.133. The van der Waals surface area contributed by atoms with E-state index in [1.165, 1.54) is 12.1 Å². The Morgan fingerprint density at radius 2 is 1.76 bits per heavy atom. The summed E-state index contributed by atoms with van der Waals surface area (Å²) in [6.45, 7) is 0. The number of amides is 1. The number of benzene rings is 2. The van der Waals surface area contributed by atoms with Crippen LogP contribution in [0.5, 0.6) is 0 Å². The predicted octanol–water partition coefficient (Wildman–Crippen LogP) is 2.67. The third kappa shape index (κ3) is 2.90. The Bertz CT molecular complexity index is 670. The number of carbonyl (C=O) groups is 1. The number of non-ortho nitro benzene ring substituents is 1. The van der Waals surface area contributed by atoms with Crippen LogP contribution in [0.4, 0.5) is 11.4 Å². The Morgan fingerprint density at radius 1 is 1.10 bits per heavy atom. The van der Waals surface area contributed by atoms with Gasteiger partial charge in [-0.2, -0.15) is 0 Å². The highest BCUT2D eigenvalue weighted by Crippen LogP contribution is 2.39. The molecule has 2 aromatic carbocycles. The van der Waals surface area contributed by atoms with Gasteiger partial charge in [-0.1, -0.05) is 18.2 Å². The predicted molar refractivity (Wildman–Crippen MR) is 75.8 cm³/mol. The summed E-state index contributed by atoms with van der Waals surface area (Å²) in [6, 6.07) is 15.1. The molecule has 1 aliphatic rings. The first kappa shape index (κ1) is 13.3. The van der Waals surface area contributed by atoms with Crippen LogP contribution in [-0.2, 0) is 9.53 Å². The van der Waals surface area contributed by atoms with Gasteiger partial charge in [-0.05, 0) is 29.8 Å². The normalized spacial score (nSPS) is 19.8. The van der Waals surface area contributed by atoms with Gasteiger partial charge in [0.25, 0.3) is 11.6 Å². The number of hydrogen-bond acceptors (Lipinski definition) is 4. The average molecular weight is 284 g/mol. The third-order valence-corrected chi connectivity index (χ3v) is 3.22. The van der Waals surface area contributed by atoms with Crippen LogP contribution in [0.2, 0.25) is 0 Å². The molecule has 0 spiro atoms. The molecule has 0 saturated carbocycles. The fourth-order valence-corrected chi connectivity index (χ4v) is 2.09. The van der Waals surface area contributed by atoms with Crippen molar-refractivity contribution in [2.45, 2.75) is 12.2 Å². The van der Waals surface area contributed by atoms with Crippen LogP contribution in [0, 0.1) is 10.1 Å². The maximum absolute atomic E-state index is 12.0. The van der Waals surface area contributed by atoms with Crippen LogP contribution in [-0.4, -0.2) is 16.9 Å². The molecule has 0 radical (unpaired) electrons. The van der Waals surface area contributed by atoms with E-state index in [9.17, 15) is 14.9 Å². The monoisotopic (exact) mass is 284 g/mol. The summed E-state index contributed by atoms with van der Waals surface area (Å²) in [6.07, 6.45) is -0.888. The van der Waals surface area contributed by atoms with Gasteiger partial charge in [0.15, 0.2) is 6.10 Å². The Hall–Kier alpha value is -2.73. The van der Waals surface area contributed by atoms with Crippen LogP contribution in [0.3, 0.4) is 0 Å². The van der Waals surface area contributed by atoms with Crippen molar-refractivity contribution in [3.05, 3.63) is 70.3 Å². The molecule has 0 unspecified atom stereocenters. The van der Waals surface area contributed by atoms with Crippen LogP contribution in [0.15, 0.2) is 54.6 Å². The van der Waals surface area contributed by atoms with Gasteiger partial charge in [0.05, 0.1) is 4.92 Å². The molecule has 2 atom stereocenters. The molecular formula is C15H12N2O4. The molecule has 0 aliphatic carbocycles. The number of hydrogen-bond donors (Lipinski definition) is 1. The highest BCUT2D eigenvalue weighted by atomic mass is 16.6. The molecule has 1 amide bonds. The molecule has 0 bridgehead atoms. The number of nitrogens with zero attached hydrogens (tertiary/aromatic N) is 1. The third-order valence-electron chi connectivity index (χ3n) is 3.22. The van der Waals surface area contributed by atoms with Gasteiger partial charge in [0, 0.05) is 17.8 Å². The lowest BCUT2D eigenvalue weighted by molar-refractivity contribution is -0.384. The number of para-hydroxylation sites is 1. The number of carbonyl (C=O) groups excluding carboxylic acids is 1. The van der Waals surface area contributed by atoms with E-state index in [4.69, 9.17) is 4.74 Å². The van der Waals surface area contributed by atoms with Crippen molar-refractivity contribution >= 4 is 17.3 Å². The van der Waals surface area contributed by atoms with Gasteiger partial charge in [0.1, 0.15) is 6.10 Å². The minimum absolute atomic E-state index is 0.0182. The first-order valence-corrected chi connectivity index (χ1v) is 6.41. The summed E-state index contributed by atoms with van der Waals surface area (Å²) < 4.78 is 5.36. The van der Waals surface area contributed by atoms with Gasteiger partial charge in [-0.15, -0.1) is 0 Å². The standard InChI is InChI=1S/C15H12N2O4/c18-15(16-11-4-2-1-3-5-11)14-13(21-14)10-6-8-12(9-7-10)17(19)20/h1-9,13-14H,(H,16,18)/t13-,14+/m0/s1. The van der Waals surface area contributed by atoms with E-state index in [2.05, 4.69) is 5.32 Å². The average Bonchev–Trinajstić information content (AvgIpc) is 3.29. The molecule has 21 heavy (non-hydrogen) atoms. The summed E-state index contributed by atoms with van der Waals surface area (Å²) >= 11 is 0. The van der Waals surface area contributed by atoms with Crippen LogP contribution >= 0.6 is 0 Å². The number of rotatable bonds is 4. The summed E-state index contributed by atoms with van der Waals surface area (Å²) in [7, 11) is 0. The molecule has 1 fully saturated rings. The highest BCUT2D eigenvalue weighted by molar-refractivity contribution is 5.96. The van der Waals surface area contributed by atoms with Crippen molar-refractivity contribution in [1.29, 1.82) is 0 Å². The zero-order valence-electron chi connectivity index (χ0n) is 10.9. The molecule has 2 aromatic rings. The SMILES string of the molecule is O=C(Nc1ccccc1)[C@@H]1O[C@H]1c1ccc([N+](=O)[O-])cc1. The second-order valence-electron chi connectivity index (χ2n) is 4.68.